The lowest BCUT2D eigenvalue weighted by Gasteiger charge is -2.30. The molecule has 1 aliphatic rings. The molecule has 16 heavy (non-hydrogen) atoms. The molecule has 0 aromatic heterocycles. The minimum Gasteiger partial charge on any atom is -0.392 e. The first-order valence-corrected chi connectivity index (χ1v) is 6.05. The van der Waals surface area contributed by atoms with Gasteiger partial charge in [0.05, 0.1) is 12.2 Å². The van der Waals surface area contributed by atoms with Crippen LogP contribution in [0.25, 0.3) is 0 Å². The number of rotatable bonds is 4. The summed E-state index contributed by atoms with van der Waals surface area (Å²) in [6.45, 7) is 7.98. The predicted octanol–water partition coefficient (Wildman–Crippen LogP) is 1.17. The highest BCUT2D eigenvalue weighted by molar-refractivity contribution is 5.81. The fourth-order valence-electron chi connectivity index (χ4n) is 2.01. The lowest BCUT2D eigenvalue weighted by atomic mass is 10.1. The van der Waals surface area contributed by atoms with Crippen molar-refractivity contribution >= 4 is 5.91 Å². The van der Waals surface area contributed by atoms with E-state index in [9.17, 15) is 9.90 Å². The fourth-order valence-corrected chi connectivity index (χ4v) is 2.01. The second-order valence-corrected chi connectivity index (χ2v) is 4.95. The molecule has 0 bridgehead atoms. The van der Waals surface area contributed by atoms with Crippen molar-refractivity contribution in [3.63, 3.8) is 0 Å². The highest BCUT2D eigenvalue weighted by Gasteiger charge is 2.32. The van der Waals surface area contributed by atoms with Crippen LogP contribution >= 0.6 is 0 Å². The molecule has 0 radical (unpaired) electrons. The van der Waals surface area contributed by atoms with E-state index < -0.39 is 6.10 Å². The normalized spacial score (nSPS) is 27.1. The number of aliphatic hydroxyl groups excluding tert-OH is 1. The summed E-state index contributed by atoms with van der Waals surface area (Å²) in [6, 6.07) is 0.0987. The van der Waals surface area contributed by atoms with Crippen molar-refractivity contribution in [3.8, 4) is 0 Å². The highest BCUT2D eigenvalue weighted by Crippen LogP contribution is 2.21. The van der Waals surface area contributed by atoms with Gasteiger partial charge in [0.25, 0.3) is 5.91 Å². The van der Waals surface area contributed by atoms with E-state index in [-0.39, 0.29) is 24.2 Å². The largest absolute Gasteiger partial charge is 0.392 e. The van der Waals surface area contributed by atoms with E-state index in [1.54, 1.807) is 11.8 Å². The molecule has 4 heteroatoms. The van der Waals surface area contributed by atoms with E-state index >= 15 is 0 Å². The molecule has 0 aromatic carbocycles. The van der Waals surface area contributed by atoms with Crippen molar-refractivity contribution in [1.82, 2.24) is 4.90 Å². The van der Waals surface area contributed by atoms with Gasteiger partial charge in [-0.15, -0.1) is 0 Å². The second-order valence-electron chi connectivity index (χ2n) is 4.95. The van der Waals surface area contributed by atoms with Gasteiger partial charge in [0, 0.05) is 12.6 Å². The van der Waals surface area contributed by atoms with Crippen LogP contribution in [0.1, 0.15) is 40.5 Å². The molecule has 0 spiro atoms. The summed E-state index contributed by atoms with van der Waals surface area (Å²) in [5, 5.41) is 9.38. The number of nitrogens with zero attached hydrogens (tertiary/aromatic N) is 1. The SMILES string of the molecule is CC(O)CN(C(=O)C1CCC(C)O1)C(C)C. The van der Waals surface area contributed by atoms with Crippen molar-refractivity contribution in [2.45, 2.75) is 64.9 Å². The van der Waals surface area contributed by atoms with Gasteiger partial charge in [0.1, 0.15) is 6.10 Å². The fraction of sp³-hybridized carbons (Fsp3) is 0.917. The number of amides is 1. The summed E-state index contributed by atoms with van der Waals surface area (Å²) in [4.78, 5) is 13.9. The maximum Gasteiger partial charge on any atom is 0.252 e. The molecule has 4 nitrogen and oxygen atoms in total. The highest BCUT2D eigenvalue weighted by atomic mass is 16.5. The zero-order valence-electron chi connectivity index (χ0n) is 10.6. The average molecular weight is 229 g/mol. The van der Waals surface area contributed by atoms with Crippen LogP contribution in [0.2, 0.25) is 0 Å². The van der Waals surface area contributed by atoms with Crippen molar-refractivity contribution in [1.29, 1.82) is 0 Å². The third kappa shape index (κ3) is 3.46. The molecular weight excluding hydrogens is 206 g/mol. The zero-order chi connectivity index (χ0) is 12.3. The van der Waals surface area contributed by atoms with E-state index in [2.05, 4.69) is 0 Å². The van der Waals surface area contributed by atoms with Gasteiger partial charge in [-0.1, -0.05) is 0 Å². The van der Waals surface area contributed by atoms with E-state index in [1.807, 2.05) is 20.8 Å². The quantitative estimate of drug-likeness (QED) is 0.787. The Morgan fingerprint density at radius 3 is 2.44 bits per heavy atom. The molecule has 1 aliphatic heterocycles. The van der Waals surface area contributed by atoms with Gasteiger partial charge in [-0.05, 0) is 40.5 Å². The van der Waals surface area contributed by atoms with E-state index in [0.29, 0.717) is 6.54 Å². The molecule has 94 valence electrons. The molecule has 3 atom stereocenters. The number of aliphatic hydroxyl groups is 1. The Bertz CT molecular complexity index is 240. The van der Waals surface area contributed by atoms with Gasteiger partial charge in [-0.3, -0.25) is 4.79 Å². The third-order valence-corrected chi connectivity index (χ3v) is 2.87. The number of carbonyl (C=O) groups is 1. The van der Waals surface area contributed by atoms with Crippen molar-refractivity contribution < 1.29 is 14.6 Å². The van der Waals surface area contributed by atoms with Gasteiger partial charge in [-0.25, -0.2) is 0 Å². The van der Waals surface area contributed by atoms with Crippen LogP contribution in [0, 0.1) is 0 Å². The van der Waals surface area contributed by atoms with Crippen LogP contribution in [0.5, 0.6) is 0 Å². The number of hydrogen-bond acceptors (Lipinski definition) is 3. The number of ether oxygens (including phenoxy) is 1. The molecule has 3 unspecified atom stereocenters. The summed E-state index contributed by atoms with van der Waals surface area (Å²) in [5.74, 6) is 0.0141. The molecule has 1 N–H and O–H groups in total. The average Bonchev–Trinajstić information content (AvgIpc) is 2.59. The number of carbonyl (C=O) groups excluding carboxylic acids is 1. The Morgan fingerprint density at radius 2 is 2.06 bits per heavy atom. The summed E-state index contributed by atoms with van der Waals surface area (Å²) in [7, 11) is 0. The topological polar surface area (TPSA) is 49.8 Å². The maximum atomic E-state index is 12.2. The monoisotopic (exact) mass is 229 g/mol. The molecule has 0 aromatic rings. The molecule has 1 saturated heterocycles. The first-order valence-electron chi connectivity index (χ1n) is 6.05. The Morgan fingerprint density at radius 1 is 1.44 bits per heavy atom. The Balaban J connectivity index is 2.60. The van der Waals surface area contributed by atoms with Crippen LogP contribution in [-0.2, 0) is 9.53 Å². The van der Waals surface area contributed by atoms with Gasteiger partial charge in [0.2, 0.25) is 0 Å². The van der Waals surface area contributed by atoms with Crippen LogP contribution < -0.4 is 0 Å². The van der Waals surface area contributed by atoms with E-state index in [0.717, 1.165) is 12.8 Å². The van der Waals surface area contributed by atoms with Gasteiger partial charge in [-0.2, -0.15) is 0 Å². The standard InChI is InChI=1S/C12H23NO3/c1-8(2)13(7-9(3)14)12(15)11-6-5-10(4)16-11/h8-11,14H,5-7H2,1-4H3. The Labute approximate surface area is 97.6 Å². The smallest absolute Gasteiger partial charge is 0.252 e. The van der Waals surface area contributed by atoms with Crippen LogP contribution in [0.15, 0.2) is 0 Å². The zero-order valence-corrected chi connectivity index (χ0v) is 10.6. The van der Waals surface area contributed by atoms with Crippen LogP contribution in [0.4, 0.5) is 0 Å². The molecule has 1 heterocycles. The summed E-state index contributed by atoms with van der Waals surface area (Å²) in [5.41, 5.74) is 0. The van der Waals surface area contributed by atoms with Gasteiger partial charge < -0.3 is 14.7 Å². The van der Waals surface area contributed by atoms with E-state index in [1.165, 1.54) is 0 Å². The first kappa shape index (κ1) is 13.5. The van der Waals surface area contributed by atoms with Gasteiger partial charge in [0.15, 0.2) is 0 Å². The predicted molar refractivity (Wildman–Crippen MR) is 62.1 cm³/mol. The molecule has 1 fully saturated rings. The lowest BCUT2D eigenvalue weighted by molar-refractivity contribution is -0.145. The molecule has 0 saturated carbocycles. The lowest BCUT2D eigenvalue weighted by Crippen LogP contribution is -2.46. The summed E-state index contributed by atoms with van der Waals surface area (Å²) >= 11 is 0. The maximum absolute atomic E-state index is 12.2. The second kappa shape index (κ2) is 5.64. The van der Waals surface area contributed by atoms with Gasteiger partial charge >= 0.3 is 0 Å². The molecule has 1 amide bonds. The van der Waals surface area contributed by atoms with Crippen LogP contribution in [-0.4, -0.2) is 46.8 Å². The first-order chi connectivity index (χ1) is 7.41. The summed E-state index contributed by atoms with van der Waals surface area (Å²) in [6.07, 6.45) is 1.11. The number of hydrogen-bond donors (Lipinski definition) is 1. The van der Waals surface area contributed by atoms with Crippen LogP contribution in [0.3, 0.4) is 0 Å². The minimum absolute atomic E-state index is 0.0141. The summed E-state index contributed by atoms with van der Waals surface area (Å²) < 4.78 is 5.56. The molecule has 1 rings (SSSR count). The minimum atomic E-state index is -0.495. The van der Waals surface area contributed by atoms with Crippen molar-refractivity contribution in [2.24, 2.45) is 0 Å². The Hall–Kier alpha value is -0.610. The Kier molecular flexibility index (Phi) is 4.74. The van der Waals surface area contributed by atoms with Crippen molar-refractivity contribution in [3.05, 3.63) is 0 Å². The van der Waals surface area contributed by atoms with E-state index in [4.69, 9.17) is 4.74 Å². The molecule has 0 aliphatic carbocycles. The van der Waals surface area contributed by atoms with Crippen molar-refractivity contribution in [2.75, 3.05) is 6.54 Å². The molecular formula is C12H23NO3. The third-order valence-electron chi connectivity index (χ3n) is 2.87.